The van der Waals surface area contributed by atoms with Gasteiger partial charge in [0.25, 0.3) is 0 Å². The second-order valence-electron chi connectivity index (χ2n) is 4.98. The number of nitrogens with zero attached hydrogens (tertiary/aromatic N) is 1. The average Bonchev–Trinajstić information content (AvgIpc) is 2.60. The highest BCUT2D eigenvalue weighted by atomic mass is 16.5. The van der Waals surface area contributed by atoms with Gasteiger partial charge in [0.1, 0.15) is 11.5 Å². The van der Waals surface area contributed by atoms with Crippen molar-refractivity contribution in [3.63, 3.8) is 0 Å². The fraction of sp³-hybridized carbons (Fsp3) is 0.294. The molecule has 2 amide bonds. The lowest BCUT2D eigenvalue weighted by molar-refractivity contribution is 0.237. The maximum Gasteiger partial charge on any atom is 0.315 e. The summed E-state index contributed by atoms with van der Waals surface area (Å²) in [7, 11) is 3.20. The van der Waals surface area contributed by atoms with Gasteiger partial charge in [-0.15, -0.1) is 0 Å². The summed E-state index contributed by atoms with van der Waals surface area (Å²) in [5.41, 5.74) is 1.65. The quantitative estimate of drug-likeness (QED) is 0.859. The van der Waals surface area contributed by atoms with Gasteiger partial charge in [-0.1, -0.05) is 6.07 Å². The third kappa shape index (κ3) is 4.60. The predicted octanol–water partition coefficient (Wildman–Crippen LogP) is 2.66. The van der Waals surface area contributed by atoms with E-state index in [1.165, 1.54) is 0 Å². The van der Waals surface area contributed by atoms with Crippen LogP contribution >= 0.6 is 0 Å². The fourth-order valence-corrected chi connectivity index (χ4v) is 2.18. The van der Waals surface area contributed by atoms with Crippen molar-refractivity contribution in [1.82, 2.24) is 15.6 Å². The number of aromatic nitrogens is 1. The van der Waals surface area contributed by atoms with Crippen LogP contribution in [0, 0.1) is 0 Å². The molecule has 0 saturated heterocycles. The van der Waals surface area contributed by atoms with E-state index < -0.39 is 0 Å². The number of urea groups is 1. The normalized spacial score (nSPS) is 11.4. The average molecular weight is 315 g/mol. The summed E-state index contributed by atoms with van der Waals surface area (Å²) < 4.78 is 10.6. The van der Waals surface area contributed by atoms with Gasteiger partial charge in [-0.25, -0.2) is 4.79 Å². The monoisotopic (exact) mass is 315 g/mol. The SMILES string of the molecule is COc1ccc(OC)c(C(C)NC(=O)NCc2ccccn2)c1. The molecular weight excluding hydrogens is 294 g/mol. The summed E-state index contributed by atoms with van der Waals surface area (Å²) in [4.78, 5) is 16.2. The second kappa shape index (κ2) is 8.03. The van der Waals surface area contributed by atoms with Crippen LogP contribution in [0.4, 0.5) is 4.79 Å². The Morgan fingerprint density at radius 3 is 2.70 bits per heavy atom. The number of pyridine rings is 1. The maximum absolute atomic E-state index is 12.0. The highest BCUT2D eigenvalue weighted by Gasteiger charge is 2.15. The van der Waals surface area contributed by atoms with E-state index in [1.807, 2.05) is 43.3 Å². The zero-order valence-corrected chi connectivity index (χ0v) is 13.5. The highest BCUT2D eigenvalue weighted by Crippen LogP contribution is 2.29. The molecule has 0 fully saturated rings. The molecule has 1 heterocycles. The highest BCUT2D eigenvalue weighted by molar-refractivity contribution is 5.74. The molecular formula is C17H21N3O3. The molecule has 6 nitrogen and oxygen atoms in total. The summed E-state index contributed by atoms with van der Waals surface area (Å²) >= 11 is 0. The molecule has 0 aliphatic heterocycles. The maximum atomic E-state index is 12.0. The molecule has 0 radical (unpaired) electrons. The van der Waals surface area contributed by atoms with Crippen molar-refractivity contribution in [2.24, 2.45) is 0 Å². The summed E-state index contributed by atoms with van der Waals surface area (Å²) in [5, 5.41) is 5.66. The number of carbonyl (C=O) groups excluding carboxylic acids is 1. The van der Waals surface area contributed by atoms with Crippen LogP contribution in [0.15, 0.2) is 42.6 Å². The van der Waals surface area contributed by atoms with Crippen molar-refractivity contribution >= 4 is 6.03 Å². The molecule has 23 heavy (non-hydrogen) atoms. The molecule has 0 bridgehead atoms. The molecule has 0 aliphatic rings. The first kappa shape index (κ1) is 16.6. The van der Waals surface area contributed by atoms with Crippen LogP contribution in [-0.4, -0.2) is 25.2 Å². The van der Waals surface area contributed by atoms with Gasteiger partial charge < -0.3 is 20.1 Å². The minimum absolute atomic E-state index is 0.233. The Bertz CT molecular complexity index is 647. The second-order valence-corrected chi connectivity index (χ2v) is 4.98. The van der Waals surface area contributed by atoms with Crippen molar-refractivity contribution < 1.29 is 14.3 Å². The van der Waals surface area contributed by atoms with Crippen LogP contribution in [0.1, 0.15) is 24.2 Å². The minimum atomic E-state index is -0.270. The molecule has 2 rings (SSSR count). The van der Waals surface area contributed by atoms with Gasteiger partial charge in [-0.2, -0.15) is 0 Å². The third-order valence-corrected chi connectivity index (χ3v) is 3.41. The zero-order chi connectivity index (χ0) is 16.7. The smallest absolute Gasteiger partial charge is 0.315 e. The number of carbonyl (C=O) groups is 1. The standard InChI is InChI=1S/C17H21N3O3/c1-12(15-10-14(22-2)7-8-16(15)23-3)20-17(21)19-11-13-6-4-5-9-18-13/h4-10,12H,11H2,1-3H3,(H2,19,20,21). The number of methoxy groups -OCH3 is 2. The van der Waals surface area contributed by atoms with Gasteiger partial charge in [-0.3, -0.25) is 4.98 Å². The van der Waals surface area contributed by atoms with Crippen molar-refractivity contribution in [3.05, 3.63) is 53.9 Å². The molecule has 6 heteroatoms. The molecule has 0 aliphatic carbocycles. The van der Waals surface area contributed by atoms with E-state index in [0.717, 1.165) is 11.3 Å². The van der Waals surface area contributed by atoms with Gasteiger partial charge in [0.15, 0.2) is 0 Å². The Kier molecular flexibility index (Phi) is 5.80. The third-order valence-electron chi connectivity index (χ3n) is 3.41. The van der Waals surface area contributed by atoms with E-state index in [4.69, 9.17) is 9.47 Å². The molecule has 1 aromatic carbocycles. The molecule has 0 spiro atoms. The number of benzene rings is 1. The van der Waals surface area contributed by atoms with Crippen LogP contribution in [0.3, 0.4) is 0 Å². The molecule has 1 aromatic heterocycles. The minimum Gasteiger partial charge on any atom is -0.497 e. The van der Waals surface area contributed by atoms with Crippen LogP contribution < -0.4 is 20.1 Å². The van der Waals surface area contributed by atoms with E-state index in [9.17, 15) is 4.79 Å². The number of nitrogens with one attached hydrogen (secondary N) is 2. The first-order chi connectivity index (χ1) is 11.1. The van der Waals surface area contributed by atoms with Crippen LogP contribution in [0.2, 0.25) is 0 Å². The van der Waals surface area contributed by atoms with E-state index in [0.29, 0.717) is 18.0 Å². The lowest BCUT2D eigenvalue weighted by atomic mass is 10.1. The number of hydrogen-bond donors (Lipinski definition) is 2. The van der Waals surface area contributed by atoms with Crippen molar-refractivity contribution in [2.45, 2.75) is 19.5 Å². The summed E-state index contributed by atoms with van der Waals surface area (Å²) in [6.07, 6.45) is 1.69. The number of hydrogen-bond acceptors (Lipinski definition) is 4. The summed E-state index contributed by atoms with van der Waals surface area (Å²) in [6.45, 7) is 2.26. The van der Waals surface area contributed by atoms with E-state index in [1.54, 1.807) is 20.4 Å². The number of rotatable bonds is 6. The Labute approximate surface area is 135 Å². The number of amides is 2. The molecule has 122 valence electrons. The van der Waals surface area contributed by atoms with Crippen molar-refractivity contribution in [2.75, 3.05) is 14.2 Å². The Balaban J connectivity index is 1.98. The van der Waals surface area contributed by atoms with Crippen molar-refractivity contribution in [1.29, 1.82) is 0 Å². The summed E-state index contributed by atoms with van der Waals surface area (Å²) in [6, 6.07) is 10.6. The van der Waals surface area contributed by atoms with E-state index in [2.05, 4.69) is 15.6 Å². The lowest BCUT2D eigenvalue weighted by Gasteiger charge is -2.18. The van der Waals surface area contributed by atoms with E-state index in [-0.39, 0.29) is 12.1 Å². The van der Waals surface area contributed by atoms with Gasteiger partial charge >= 0.3 is 6.03 Å². The molecule has 2 aromatic rings. The van der Waals surface area contributed by atoms with Gasteiger partial charge in [-0.05, 0) is 37.3 Å². The van der Waals surface area contributed by atoms with Crippen molar-refractivity contribution in [3.8, 4) is 11.5 Å². The molecule has 0 saturated carbocycles. The molecule has 1 atom stereocenters. The van der Waals surface area contributed by atoms with Crippen LogP contribution in [0.5, 0.6) is 11.5 Å². The zero-order valence-electron chi connectivity index (χ0n) is 13.5. The van der Waals surface area contributed by atoms with Crippen LogP contribution in [-0.2, 0) is 6.54 Å². The Morgan fingerprint density at radius 1 is 1.22 bits per heavy atom. The Morgan fingerprint density at radius 2 is 2.04 bits per heavy atom. The first-order valence-electron chi connectivity index (χ1n) is 7.30. The largest absolute Gasteiger partial charge is 0.497 e. The van der Waals surface area contributed by atoms with E-state index >= 15 is 0 Å². The topological polar surface area (TPSA) is 72.5 Å². The van der Waals surface area contributed by atoms with Gasteiger partial charge in [0, 0.05) is 11.8 Å². The molecule has 1 unspecified atom stereocenters. The van der Waals surface area contributed by atoms with Gasteiger partial charge in [0.2, 0.25) is 0 Å². The first-order valence-corrected chi connectivity index (χ1v) is 7.30. The Hall–Kier alpha value is -2.76. The fourth-order valence-electron chi connectivity index (χ4n) is 2.18. The predicted molar refractivity (Wildman–Crippen MR) is 87.6 cm³/mol. The number of ether oxygens (including phenoxy) is 2. The summed E-state index contributed by atoms with van der Waals surface area (Å²) in [5.74, 6) is 1.41. The van der Waals surface area contributed by atoms with Gasteiger partial charge in [0.05, 0.1) is 32.5 Å². The molecule has 2 N–H and O–H groups in total. The lowest BCUT2D eigenvalue weighted by Crippen LogP contribution is -2.36. The van der Waals surface area contributed by atoms with Crippen LogP contribution in [0.25, 0.3) is 0 Å².